The molecule has 5 heteroatoms. The minimum absolute atomic E-state index is 0.135. The van der Waals surface area contributed by atoms with Crippen LogP contribution in [-0.2, 0) is 16.6 Å². The largest absolute Gasteiger partial charge is 0.349 e. The molecule has 0 amide bonds. The molecule has 0 N–H and O–H groups in total. The van der Waals surface area contributed by atoms with Crippen LogP contribution in [0.4, 0.5) is 0 Å². The van der Waals surface area contributed by atoms with Gasteiger partial charge in [0.1, 0.15) is 0 Å². The summed E-state index contributed by atoms with van der Waals surface area (Å²) < 4.78 is 29.3. The van der Waals surface area contributed by atoms with Crippen molar-refractivity contribution < 1.29 is 8.42 Å². The first-order chi connectivity index (χ1) is 9.50. The van der Waals surface area contributed by atoms with Gasteiger partial charge >= 0.3 is 0 Å². The van der Waals surface area contributed by atoms with Gasteiger partial charge in [-0.25, -0.2) is 8.42 Å². The summed E-state index contributed by atoms with van der Waals surface area (Å²) in [5.74, 6) is 0. The molecular weight excluding hydrogens is 272 g/mol. The fraction of sp³-hybridized carbons (Fsp3) is 0.333. The van der Waals surface area contributed by atoms with E-state index in [1.165, 1.54) is 0 Å². The zero-order chi connectivity index (χ0) is 14.3. The van der Waals surface area contributed by atoms with Gasteiger partial charge < -0.3 is 4.57 Å². The van der Waals surface area contributed by atoms with Crippen LogP contribution in [0.2, 0.25) is 0 Å². The minimum Gasteiger partial charge on any atom is -0.349 e. The second-order valence-electron chi connectivity index (χ2n) is 5.23. The predicted molar refractivity (Wildman–Crippen MR) is 77.9 cm³/mol. The van der Waals surface area contributed by atoms with Crippen LogP contribution in [0.5, 0.6) is 0 Å². The third-order valence-corrected chi connectivity index (χ3v) is 5.85. The van der Waals surface area contributed by atoms with Crippen molar-refractivity contribution in [3.8, 4) is 0 Å². The smallest absolute Gasteiger partial charge is 0.243 e. The SMILES string of the molecule is Cc1cccc(S(=O)(=O)N2CCn3cccc3[C@@H]2C)c1. The molecule has 4 nitrogen and oxygen atoms in total. The number of rotatable bonds is 2. The highest BCUT2D eigenvalue weighted by molar-refractivity contribution is 7.89. The predicted octanol–water partition coefficient (Wildman–Crippen LogP) is 2.56. The molecule has 1 aliphatic heterocycles. The molecule has 2 heterocycles. The van der Waals surface area contributed by atoms with Crippen molar-refractivity contribution in [1.82, 2.24) is 8.87 Å². The first-order valence-corrected chi connectivity index (χ1v) is 8.18. The maximum absolute atomic E-state index is 12.8. The van der Waals surface area contributed by atoms with Gasteiger partial charge in [0.15, 0.2) is 0 Å². The summed E-state index contributed by atoms with van der Waals surface area (Å²) in [6, 6.07) is 10.9. The van der Waals surface area contributed by atoms with Gasteiger partial charge in [-0.15, -0.1) is 0 Å². The minimum atomic E-state index is -3.43. The lowest BCUT2D eigenvalue weighted by Gasteiger charge is -2.33. The summed E-state index contributed by atoms with van der Waals surface area (Å²) in [6.45, 7) is 5.07. The van der Waals surface area contributed by atoms with E-state index in [2.05, 4.69) is 4.57 Å². The van der Waals surface area contributed by atoms with Crippen LogP contribution in [0.1, 0.15) is 24.2 Å². The van der Waals surface area contributed by atoms with Crippen molar-refractivity contribution >= 4 is 10.0 Å². The molecule has 1 aromatic heterocycles. The summed E-state index contributed by atoms with van der Waals surface area (Å²) in [5, 5.41) is 0. The number of hydrogen-bond acceptors (Lipinski definition) is 2. The third kappa shape index (κ3) is 2.07. The van der Waals surface area contributed by atoms with Gasteiger partial charge in [-0.3, -0.25) is 0 Å². The molecule has 0 spiro atoms. The maximum Gasteiger partial charge on any atom is 0.243 e. The van der Waals surface area contributed by atoms with Crippen LogP contribution in [0, 0.1) is 6.92 Å². The van der Waals surface area contributed by atoms with E-state index in [4.69, 9.17) is 0 Å². The van der Waals surface area contributed by atoms with Gasteiger partial charge in [-0.05, 0) is 43.7 Å². The Morgan fingerprint density at radius 1 is 1.15 bits per heavy atom. The molecule has 0 radical (unpaired) electrons. The van der Waals surface area contributed by atoms with E-state index < -0.39 is 10.0 Å². The van der Waals surface area contributed by atoms with E-state index in [1.807, 2.05) is 38.2 Å². The van der Waals surface area contributed by atoms with Crippen LogP contribution < -0.4 is 0 Å². The molecule has 0 bridgehead atoms. The van der Waals surface area contributed by atoms with Gasteiger partial charge in [0, 0.05) is 25.0 Å². The van der Waals surface area contributed by atoms with Gasteiger partial charge in [0.2, 0.25) is 10.0 Å². The lowest BCUT2D eigenvalue weighted by molar-refractivity contribution is 0.282. The van der Waals surface area contributed by atoms with Crippen molar-refractivity contribution in [3.63, 3.8) is 0 Å². The molecule has 106 valence electrons. The van der Waals surface area contributed by atoms with Crippen molar-refractivity contribution in [2.24, 2.45) is 0 Å². The number of aryl methyl sites for hydroxylation is 1. The average Bonchev–Trinajstić information content (AvgIpc) is 2.88. The summed E-state index contributed by atoms with van der Waals surface area (Å²) in [7, 11) is -3.43. The van der Waals surface area contributed by atoms with Crippen molar-refractivity contribution in [2.45, 2.75) is 31.3 Å². The first-order valence-electron chi connectivity index (χ1n) is 6.74. The maximum atomic E-state index is 12.8. The van der Waals surface area contributed by atoms with E-state index >= 15 is 0 Å². The van der Waals surface area contributed by atoms with E-state index in [0.29, 0.717) is 18.0 Å². The first kappa shape index (κ1) is 13.4. The van der Waals surface area contributed by atoms with E-state index in [9.17, 15) is 8.42 Å². The molecule has 2 aromatic rings. The monoisotopic (exact) mass is 290 g/mol. The average molecular weight is 290 g/mol. The molecule has 0 saturated heterocycles. The summed E-state index contributed by atoms with van der Waals surface area (Å²) in [4.78, 5) is 0.379. The summed E-state index contributed by atoms with van der Waals surface area (Å²) >= 11 is 0. The Kier molecular flexibility index (Phi) is 3.18. The molecule has 0 aliphatic carbocycles. The number of fused-ring (bicyclic) bond motifs is 1. The number of sulfonamides is 1. The molecule has 0 saturated carbocycles. The molecule has 1 aromatic carbocycles. The van der Waals surface area contributed by atoms with Crippen molar-refractivity contribution in [1.29, 1.82) is 0 Å². The van der Waals surface area contributed by atoms with Crippen molar-refractivity contribution in [2.75, 3.05) is 6.54 Å². The van der Waals surface area contributed by atoms with Crippen LogP contribution in [0.3, 0.4) is 0 Å². The standard InChI is InChI=1S/C15H18N2O2S/c1-12-5-3-6-14(11-12)20(18,19)17-10-9-16-8-4-7-15(16)13(17)2/h3-8,11,13H,9-10H2,1-2H3/t13-/m0/s1. The van der Waals surface area contributed by atoms with E-state index in [-0.39, 0.29) is 6.04 Å². The second-order valence-corrected chi connectivity index (χ2v) is 7.13. The highest BCUT2D eigenvalue weighted by Gasteiger charge is 2.33. The lowest BCUT2D eigenvalue weighted by Crippen LogP contribution is -2.40. The Morgan fingerprint density at radius 3 is 2.70 bits per heavy atom. The topological polar surface area (TPSA) is 42.3 Å². The quantitative estimate of drug-likeness (QED) is 0.853. The Labute approximate surface area is 119 Å². The van der Waals surface area contributed by atoms with Crippen LogP contribution >= 0.6 is 0 Å². The van der Waals surface area contributed by atoms with Crippen LogP contribution in [0.25, 0.3) is 0 Å². The Balaban J connectivity index is 2.01. The van der Waals surface area contributed by atoms with Crippen molar-refractivity contribution in [3.05, 3.63) is 53.9 Å². The zero-order valence-corrected chi connectivity index (χ0v) is 12.5. The fourth-order valence-electron chi connectivity index (χ4n) is 2.80. The third-order valence-electron chi connectivity index (χ3n) is 3.88. The Morgan fingerprint density at radius 2 is 1.95 bits per heavy atom. The van der Waals surface area contributed by atoms with Gasteiger partial charge in [0.25, 0.3) is 0 Å². The molecule has 0 fully saturated rings. The normalized spacial score (nSPS) is 19.8. The highest BCUT2D eigenvalue weighted by Crippen LogP contribution is 2.31. The lowest BCUT2D eigenvalue weighted by atomic mass is 10.2. The summed E-state index contributed by atoms with van der Waals surface area (Å²) in [6.07, 6.45) is 2.00. The molecule has 3 rings (SSSR count). The van der Waals surface area contributed by atoms with E-state index in [1.54, 1.807) is 22.5 Å². The molecular formula is C15H18N2O2S. The number of hydrogen-bond donors (Lipinski definition) is 0. The second kappa shape index (κ2) is 4.75. The summed E-state index contributed by atoms with van der Waals surface area (Å²) in [5.41, 5.74) is 2.01. The number of benzene rings is 1. The molecule has 1 aliphatic rings. The van der Waals surface area contributed by atoms with Gasteiger partial charge in [-0.1, -0.05) is 12.1 Å². The zero-order valence-electron chi connectivity index (χ0n) is 11.7. The van der Waals surface area contributed by atoms with Gasteiger partial charge in [-0.2, -0.15) is 4.31 Å². The molecule has 0 unspecified atom stereocenters. The van der Waals surface area contributed by atoms with Crippen LogP contribution in [-0.4, -0.2) is 23.8 Å². The fourth-order valence-corrected chi connectivity index (χ4v) is 4.50. The molecule has 1 atom stereocenters. The number of aromatic nitrogens is 1. The molecule has 20 heavy (non-hydrogen) atoms. The highest BCUT2D eigenvalue weighted by atomic mass is 32.2. The van der Waals surface area contributed by atoms with Gasteiger partial charge in [0.05, 0.1) is 10.9 Å². The number of nitrogens with zero attached hydrogens (tertiary/aromatic N) is 2. The van der Waals surface area contributed by atoms with Crippen LogP contribution in [0.15, 0.2) is 47.5 Å². The Hall–Kier alpha value is -1.59. The van der Waals surface area contributed by atoms with E-state index in [0.717, 1.165) is 11.3 Å². The Bertz CT molecular complexity index is 734.